The minimum Gasteiger partial charge on any atom is -0.490 e. The fraction of sp³-hybridized carbons (Fsp3) is 0.649. The van der Waals surface area contributed by atoms with Gasteiger partial charge in [-0.15, -0.1) is 0 Å². The normalized spacial score (nSPS) is 20.4. The molecule has 0 bridgehead atoms. The maximum absolute atomic E-state index is 13.3. The van der Waals surface area contributed by atoms with Crippen molar-refractivity contribution in [2.45, 2.75) is 78.0 Å². The van der Waals surface area contributed by atoms with Gasteiger partial charge in [-0.3, -0.25) is 0 Å². The standard InChI is InChI=1S/C37H56N2O8/c1-8-44-27(2)23-43-24-28-10-13-30(14-11-28)35-31(26-42-7)21-39(36(40)47-37(3,4)5)22-34(35)46-25-29-12-15-33-32(20-29)38(17-19-45-33)16-9-18-41-6/h10-15,20,27,31,34-35H,8-9,16-19,21-26H2,1-7H3/t27-,31+,34+,35+/m1/s1. The predicted molar refractivity (Wildman–Crippen MR) is 182 cm³/mol. The van der Waals surface area contributed by atoms with Gasteiger partial charge in [0.25, 0.3) is 0 Å². The fourth-order valence-corrected chi connectivity index (χ4v) is 6.35. The first-order chi connectivity index (χ1) is 22.6. The van der Waals surface area contributed by atoms with Gasteiger partial charge >= 0.3 is 6.09 Å². The summed E-state index contributed by atoms with van der Waals surface area (Å²) in [6.45, 7) is 16.3. The minimum absolute atomic E-state index is 0.00749. The quantitative estimate of drug-likeness (QED) is 0.201. The van der Waals surface area contributed by atoms with Crippen LogP contribution in [-0.4, -0.2) is 102 Å². The van der Waals surface area contributed by atoms with E-state index in [1.807, 2.05) is 40.7 Å². The van der Waals surface area contributed by atoms with E-state index in [1.165, 1.54) is 0 Å². The molecule has 0 N–H and O–H groups in total. The summed E-state index contributed by atoms with van der Waals surface area (Å²) >= 11 is 0. The number of likely N-dealkylation sites (tertiary alicyclic amines) is 1. The molecule has 0 saturated carbocycles. The van der Waals surface area contributed by atoms with Crippen molar-refractivity contribution in [3.63, 3.8) is 0 Å². The first kappa shape index (κ1) is 36.9. The SMILES string of the molecule is CCO[C@H](C)COCc1ccc([C@H]2[C@H](COC)CN(C(=O)OC(C)(C)C)C[C@@H]2OCc2ccc3c(c2)N(CCCOC)CCO3)cc1. The number of amides is 1. The zero-order valence-electron chi connectivity index (χ0n) is 29.5. The highest BCUT2D eigenvalue weighted by atomic mass is 16.6. The number of rotatable bonds is 16. The van der Waals surface area contributed by atoms with E-state index in [2.05, 4.69) is 41.3 Å². The summed E-state index contributed by atoms with van der Waals surface area (Å²) in [7, 11) is 3.44. The molecule has 10 heteroatoms. The molecule has 1 fully saturated rings. The van der Waals surface area contributed by atoms with E-state index in [0.29, 0.717) is 52.7 Å². The van der Waals surface area contributed by atoms with Gasteiger partial charge in [-0.25, -0.2) is 4.79 Å². The van der Waals surface area contributed by atoms with Crippen LogP contribution in [0.25, 0.3) is 0 Å². The third kappa shape index (κ3) is 11.1. The zero-order chi connectivity index (χ0) is 33.8. The van der Waals surface area contributed by atoms with Gasteiger partial charge in [-0.1, -0.05) is 30.3 Å². The van der Waals surface area contributed by atoms with Crippen molar-refractivity contribution >= 4 is 11.8 Å². The van der Waals surface area contributed by atoms with Gasteiger partial charge in [-0.05, 0) is 69.9 Å². The zero-order valence-corrected chi connectivity index (χ0v) is 29.5. The molecule has 262 valence electrons. The molecule has 47 heavy (non-hydrogen) atoms. The second-order valence-electron chi connectivity index (χ2n) is 13.5. The number of methoxy groups -OCH3 is 2. The number of hydrogen-bond acceptors (Lipinski definition) is 9. The van der Waals surface area contributed by atoms with E-state index < -0.39 is 5.60 Å². The van der Waals surface area contributed by atoms with Gasteiger partial charge in [-0.2, -0.15) is 0 Å². The van der Waals surface area contributed by atoms with Crippen LogP contribution < -0.4 is 9.64 Å². The molecule has 0 unspecified atom stereocenters. The Bertz CT molecular complexity index is 1230. The first-order valence-corrected chi connectivity index (χ1v) is 17.0. The molecule has 0 aromatic heterocycles. The summed E-state index contributed by atoms with van der Waals surface area (Å²) < 4.78 is 41.0. The molecule has 2 heterocycles. The monoisotopic (exact) mass is 656 g/mol. The van der Waals surface area contributed by atoms with Crippen LogP contribution in [0.4, 0.5) is 10.5 Å². The van der Waals surface area contributed by atoms with Crippen molar-refractivity contribution in [1.82, 2.24) is 4.90 Å². The van der Waals surface area contributed by atoms with E-state index in [4.69, 9.17) is 33.2 Å². The minimum atomic E-state index is -0.597. The van der Waals surface area contributed by atoms with Crippen molar-refractivity contribution in [3.05, 3.63) is 59.2 Å². The van der Waals surface area contributed by atoms with Crippen molar-refractivity contribution in [3.8, 4) is 5.75 Å². The highest BCUT2D eigenvalue weighted by Gasteiger charge is 2.41. The Labute approximate surface area is 281 Å². The van der Waals surface area contributed by atoms with E-state index in [-0.39, 0.29) is 30.1 Å². The summed E-state index contributed by atoms with van der Waals surface area (Å²) in [5, 5.41) is 0. The Morgan fingerprint density at radius 3 is 2.49 bits per heavy atom. The number of anilines is 1. The molecule has 10 nitrogen and oxygen atoms in total. The van der Waals surface area contributed by atoms with Crippen LogP contribution in [0.5, 0.6) is 5.75 Å². The van der Waals surface area contributed by atoms with Gasteiger partial charge in [0.15, 0.2) is 0 Å². The largest absolute Gasteiger partial charge is 0.490 e. The smallest absolute Gasteiger partial charge is 0.410 e. The maximum Gasteiger partial charge on any atom is 0.410 e. The number of fused-ring (bicyclic) bond motifs is 1. The van der Waals surface area contributed by atoms with Gasteiger partial charge in [0.2, 0.25) is 0 Å². The lowest BCUT2D eigenvalue weighted by Crippen LogP contribution is -2.53. The number of nitrogens with zero attached hydrogens (tertiary/aromatic N) is 2. The molecule has 2 aromatic rings. The summed E-state index contributed by atoms with van der Waals surface area (Å²) in [5.74, 6) is 0.905. The molecule has 1 amide bonds. The van der Waals surface area contributed by atoms with Crippen molar-refractivity contribution in [2.75, 3.05) is 78.3 Å². The Hall–Kier alpha value is -2.89. The number of ether oxygens (including phenoxy) is 7. The van der Waals surface area contributed by atoms with Crippen LogP contribution in [0.15, 0.2) is 42.5 Å². The van der Waals surface area contributed by atoms with Crippen LogP contribution in [0.2, 0.25) is 0 Å². The van der Waals surface area contributed by atoms with Gasteiger partial charge in [0.05, 0.1) is 57.4 Å². The number of hydrogen-bond donors (Lipinski definition) is 0. The topological polar surface area (TPSA) is 88.2 Å². The molecule has 4 atom stereocenters. The van der Waals surface area contributed by atoms with Crippen LogP contribution in [0, 0.1) is 5.92 Å². The number of carbonyl (C=O) groups is 1. The van der Waals surface area contributed by atoms with Gasteiger partial charge in [0.1, 0.15) is 18.0 Å². The third-order valence-electron chi connectivity index (χ3n) is 8.46. The molecule has 2 aromatic carbocycles. The summed E-state index contributed by atoms with van der Waals surface area (Å²) in [6, 6.07) is 14.8. The van der Waals surface area contributed by atoms with Crippen LogP contribution in [-0.2, 0) is 41.6 Å². The molecule has 0 aliphatic carbocycles. The van der Waals surface area contributed by atoms with Crippen LogP contribution >= 0.6 is 0 Å². The third-order valence-corrected chi connectivity index (χ3v) is 8.46. The molecule has 2 aliphatic rings. The molecule has 1 saturated heterocycles. The summed E-state index contributed by atoms with van der Waals surface area (Å²) in [6.07, 6.45) is 0.385. The van der Waals surface area contributed by atoms with Gasteiger partial charge < -0.3 is 43.0 Å². The van der Waals surface area contributed by atoms with Crippen molar-refractivity contribution in [2.24, 2.45) is 5.92 Å². The lowest BCUT2D eigenvalue weighted by atomic mass is 9.78. The molecular formula is C37H56N2O8. The Kier molecular flexibility index (Phi) is 14.2. The Balaban J connectivity index is 1.54. The maximum atomic E-state index is 13.3. The average Bonchev–Trinajstić information content (AvgIpc) is 3.04. The molecule has 0 spiro atoms. The van der Waals surface area contributed by atoms with Crippen LogP contribution in [0.1, 0.15) is 63.6 Å². The predicted octanol–water partition coefficient (Wildman–Crippen LogP) is 6.05. The number of benzene rings is 2. The molecule has 2 aliphatic heterocycles. The Morgan fingerprint density at radius 1 is 1.02 bits per heavy atom. The van der Waals surface area contributed by atoms with E-state index in [1.54, 1.807) is 19.1 Å². The van der Waals surface area contributed by atoms with E-state index >= 15 is 0 Å². The summed E-state index contributed by atoms with van der Waals surface area (Å²) in [5.41, 5.74) is 3.77. The Morgan fingerprint density at radius 2 is 1.79 bits per heavy atom. The number of piperidine rings is 1. The molecule has 4 rings (SSSR count). The molecule has 0 radical (unpaired) electrons. The fourth-order valence-electron chi connectivity index (χ4n) is 6.35. The highest BCUT2D eigenvalue weighted by Crippen LogP contribution is 2.38. The first-order valence-electron chi connectivity index (χ1n) is 17.0. The second kappa shape index (κ2) is 18.0. The lowest BCUT2D eigenvalue weighted by Gasteiger charge is -2.44. The van der Waals surface area contributed by atoms with Crippen molar-refractivity contribution in [1.29, 1.82) is 0 Å². The van der Waals surface area contributed by atoms with Crippen LogP contribution in [0.3, 0.4) is 0 Å². The van der Waals surface area contributed by atoms with E-state index in [0.717, 1.165) is 54.2 Å². The highest BCUT2D eigenvalue weighted by molar-refractivity contribution is 5.68. The number of carbonyl (C=O) groups excluding carboxylic acids is 1. The average molecular weight is 657 g/mol. The second-order valence-corrected chi connectivity index (χ2v) is 13.5. The molecular weight excluding hydrogens is 600 g/mol. The van der Waals surface area contributed by atoms with Gasteiger partial charge in [0, 0.05) is 52.4 Å². The lowest BCUT2D eigenvalue weighted by molar-refractivity contribution is -0.0630. The van der Waals surface area contributed by atoms with E-state index in [9.17, 15) is 4.79 Å². The van der Waals surface area contributed by atoms with Crippen molar-refractivity contribution < 1.29 is 38.0 Å². The summed E-state index contributed by atoms with van der Waals surface area (Å²) in [4.78, 5) is 17.4.